The monoisotopic (exact) mass is 274 g/mol. The minimum absolute atomic E-state index is 0.102. The van der Waals surface area contributed by atoms with Crippen LogP contribution < -0.4 is 11.3 Å². The zero-order valence-corrected chi connectivity index (χ0v) is 10.8. The highest BCUT2D eigenvalue weighted by Gasteiger charge is 2.07. The Kier molecular flexibility index (Phi) is 2.83. The number of nitrogens with zero attached hydrogens (tertiary/aromatic N) is 1. The van der Waals surface area contributed by atoms with Gasteiger partial charge in [0.2, 0.25) is 0 Å². The lowest BCUT2D eigenvalue weighted by Gasteiger charge is -2.07. The first-order valence-corrected chi connectivity index (χ1v) is 6.63. The van der Waals surface area contributed by atoms with E-state index in [0.717, 1.165) is 4.70 Å². The largest absolute Gasteiger partial charge is 0.399 e. The summed E-state index contributed by atoms with van der Waals surface area (Å²) in [6, 6.07) is 8.17. The molecule has 2 heterocycles. The van der Waals surface area contributed by atoms with Crippen molar-refractivity contribution in [3.63, 3.8) is 0 Å². The van der Waals surface area contributed by atoms with Crippen LogP contribution in [-0.2, 0) is 6.54 Å². The van der Waals surface area contributed by atoms with Crippen molar-refractivity contribution in [2.75, 3.05) is 5.73 Å². The lowest BCUT2D eigenvalue weighted by Crippen LogP contribution is -2.19. The van der Waals surface area contributed by atoms with E-state index in [9.17, 15) is 9.18 Å². The number of anilines is 1. The third-order valence-electron chi connectivity index (χ3n) is 3.01. The Labute approximate surface area is 112 Å². The number of nitrogens with two attached hydrogens (primary N) is 1. The molecule has 0 unspecified atom stereocenters. The molecule has 2 aromatic heterocycles. The smallest absolute Gasteiger partial charge is 0.259 e. The van der Waals surface area contributed by atoms with Crippen molar-refractivity contribution >= 4 is 27.1 Å². The summed E-state index contributed by atoms with van der Waals surface area (Å²) in [5.74, 6) is -0.391. The molecule has 96 valence electrons. The summed E-state index contributed by atoms with van der Waals surface area (Å²) < 4.78 is 16.2. The minimum atomic E-state index is -0.391. The van der Waals surface area contributed by atoms with Crippen molar-refractivity contribution in [3.05, 3.63) is 63.6 Å². The molecule has 0 saturated heterocycles. The number of benzene rings is 1. The molecule has 0 aliphatic rings. The van der Waals surface area contributed by atoms with Crippen LogP contribution in [-0.4, -0.2) is 4.57 Å². The van der Waals surface area contributed by atoms with Gasteiger partial charge in [-0.05, 0) is 29.6 Å². The van der Waals surface area contributed by atoms with E-state index in [4.69, 9.17) is 5.73 Å². The van der Waals surface area contributed by atoms with Crippen LogP contribution in [0.2, 0.25) is 0 Å². The Hall–Kier alpha value is -2.14. The molecule has 19 heavy (non-hydrogen) atoms. The van der Waals surface area contributed by atoms with Crippen molar-refractivity contribution in [1.82, 2.24) is 4.57 Å². The summed E-state index contributed by atoms with van der Waals surface area (Å²) in [6.45, 7) is 0.205. The maximum Gasteiger partial charge on any atom is 0.259 e. The summed E-state index contributed by atoms with van der Waals surface area (Å²) in [6.07, 6.45) is 1.69. The summed E-state index contributed by atoms with van der Waals surface area (Å²) in [5.41, 5.74) is 6.23. The predicted molar refractivity (Wildman–Crippen MR) is 76.0 cm³/mol. The zero-order chi connectivity index (χ0) is 13.4. The van der Waals surface area contributed by atoms with Crippen molar-refractivity contribution in [3.8, 4) is 0 Å². The standard InChI is InChI=1S/C14H11FN2OS/c15-12-7-10(16)2-1-9(12)8-17-5-3-13-11(14(17)18)4-6-19-13/h1-7H,8,16H2. The van der Waals surface area contributed by atoms with E-state index >= 15 is 0 Å². The van der Waals surface area contributed by atoms with E-state index in [0.29, 0.717) is 16.6 Å². The van der Waals surface area contributed by atoms with E-state index in [1.165, 1.54) is 22.0 Å². The molecule has 0 saturated carbocycles. The van der Waals surface area contributed by atoms with E-state index in [2.05, 4.69) is 0 Å². The summed E-state index contributed by atoms with van der Waals surface area (Å²) in [7, 11) is 0. The first-order chi connectivity index (χ1) is 9.15. The molecule has 0 aliphatic heterocycles. The van der Waals surface area contributed by atoms with Crippen LogP contribution in [0.5, 0.6) is 0 Å². The average molecular weight is 274 g/mol. The number of thiophene rings is 1. The maximum absolute atomic E-state index is 13.7. The first kappa shape index (κ1) is 11.9. The van der Waals surface area contributed by atoms with Gasteiger partial charge in [0.1, 0.15) is 5.82 Å². The fraction of sp³-hybridized carbons (Fsp3) is 0.0714. The molecule has 0 bridgehead atoms. The second kappa shape index (κ2) is 4.51. The molecule has 0 amide bonds. The number of halogens is 1. The highest BCUT2D eigenvalue weighted by molar-refractivity contribution is 7.17. The second-order valence-corrected chi connectivity index (χ2v) is 5.25. The minimum Gasteiger partial charge on any atom is -0.399 e. The molecule has 5 heteroatoms. The molecule has 0 atom stereocenters. The lowest BCUT2D eigenvalue weighted by atomic mass is 10.2. The molecule has 2 N–H and O–H groups in total. The lowest BCUT2D eigenvalue weighted by molar-refractivity contribution is 0.597. The van der Waals surface area contributed by atoms with Gasteiger partial charge in [0, 0.05) is 22.1 Å². The van der Waals surface area contributed by atoms with Crippen molar-refractivity contribution in [1.29, 1.82) is 0 Å². The molecular formula is C14H11FN2OS. The van der Waals surface area contributed by atoms with Gasteiger partial charge in [-0.25, -0.2) is 4.39 Å². The van der Waals surface area contributed by atoms with E-state index in [-0.39, 0.29) is 12.1 Å². The fourth-order valence-electron chi connectivity index (χ4n) is 2.01. The van der Waals surface area contributed by atoms with Crippen LogP contribution in [0.15, 0.2) is 46.7 Å². The third-order valence-corrected chi connectivity index (χ3v) is 3.89. The number of fused-ring (bicyclic) bond motifs is 1. The fourth-order valence-corrected chi connectivity index (χ4v) is 2.78. The summed E-state index contributed by atoms with van der Waals surface area (Å²) in [4.78, 5) is 12.2. The first-order valence-electron chi connectivity index (χ1n) is 5.76. The Morgan fingerprint density at radius 1 is 1.26 bits per heavy atom. The van der Waals surface area contributed by atoms with Crippen molar-refractivity contribution in [2.45, 2.75) is 6.54 Å². The van der Waals surface area contributed by atoms with E-state index in [1.54, 1.807) is 24.4 Å². The quantitative estimate of drug-likeness (QED) is 0.730. The highest BCUT2D eigenvalue weighted by atomic mass is 32.1. The Bertz CT molecular complexity index is 807. The molecule has 3 aromatic rings. The summed E-state index contributed by atoms with van der Waals surface area (Å²) in [5, 5.41) is 2.54. The molecule has 1 aromatic carbocycles. The van der Waals surface area contributed by atoms with Crippen LogP contribution >= 0.6 is 11.3 Å². The van der Waals surface area contributed by atoms with Crippen LogP contribution in [0.4, 0.5) is 10.1 Å². The van der Waals surface area contributed by atoms with Gasteiger partial charge < -0.3 is 10.3 Å². The zero-order valence-electron chi connectivity index (χ0n) is 9.97. The van der Waals surface area contributed by atoms with Gasteiger partial charge in [-0.3, -0.25) is 4.79 Å². The third kappa shape index (κ3) is 2.13. The summed E-state index contributed by atoms with van der Waals surface area (Å²) >= 11 is 1.52. The Morgan fingerprint density at radius 2 is 2.11 bits per heavy atom. The maximum atomic E-state index is 13.7. The number of hydrogen-bond acceptors (Lipinski definition) is 3. The number of nitrogen functional groups attached to an aromatic ring is 1. The Morgan fingerprint density at radius 3 is 2.89 bits per heavy atom. The average Bonchev–Trinajstić information content (AvgIpc) is 2.85. The Balaban J connectivity index is 2.05. The molecule has 0 radical (unpaired) electrons. The van der Waals surface area contributed by atoms with Crippen LogP contribution in [0, 0.1) is 5.82 Å². The predicted octanol–water partition coefficient (Wildman–Crippen LogP) is 2.83. The van der Waals surface area contributed by atoms with Gasteiger partial charge in [0.25, 0.3) is 5.56 Å². The normalized spacial score (nSPS) is 11.0. The van der Waals surface area contributed by atoms with Gasteiger partial charge in [-0.2, -0.15) is 0 Å². The van der Waals surface area contributed by atoms with Gasteiger partial charge in [-0.1, -0.05) is 6.07 Å². The number of pyridine rings is 1. The number of aromatic nitrogens is 1. The van der Waals surface area contributed by atoms with Gasteiger partial charge in [0.15, 0.2) is 0 Å². The molecule has 0 fully saturated rings. The number of rotatable bonds is 2. The number of hydrogen-bond donors (Lipinski definition) is 1. The van der Waals surface area contributed by atoms with Crippen molar-refractivity contribution < 1.29 is 4.39 Å². The molecule has 3 rings (SSSR count). The molecule has 0 aliphatic carbocycles. The van der Waals surface area contributed by atoms with Gasteiger partial charge in [-0.15, -0.1) is 11.3 Å². The van der Waals surface area contributed by atoms with Crippen LogP contribution in [0.25, 0.3) is 10.1 Å². The molecule has 0 spiro atoms. The van der Waals surface area contributed by atoms with Crippen molar-refractivity contribution in [2.24, 2.45) is 0 Å². The molecular weight excluding hydrogens is 263 g/mol. The topological polar surface area (TPSA) is 48.0 Å². The highest BCUT2D eigenvalue weighted by Crippen LogP contribution is 2.17. The van der Waals surface area contributed by atoms with Gasteiger partial charge in [0.05, 0.1) is 11.9 Å². The van der Waals surface area contributed by atoms with Crippen LogP contribution in [0.1, 0.15) is 5.56 Å². The molecule has 3 nitrogen and oxygen atoms in total. The van der Waals surface area contributed by atoms with Gasteiger partial charge >= 0.3 is 0 Å². The SMILES string of the molecule is Nc1ccc(Cn2ccc3sccc3c2=O)c(F)c1. The van der Waals surface area contributed by atoms with E-state index in [1.807, 2.05) is 11.4 Å². The van der Waals surface area contributed by atoms with Crippen LogP contribution in [0.3, 0.4) is 0 Å². The second-order valence-electron chi connectivity index (χ2n) is 4.30. The van der Waals surface area contributed by atoms with E-state index < -0.39 is 5.82 Å².